The van der Waals surface area contributed by atoms with Gasteiger partial charge in [0.2, 0.25) is 0 Å². The van der Waals surface area contributed by atoms with Gasteiger partial charge in [-0.1, -0.05) is 24.3 Å². The standard InChI is InChI=1S/C15H15FO3/c16-14-3-1-2-4-15(14)19-10-12(9-17)11-5-7-13(18)8-6-11/h1-8,12,17-18H,9-10H2. The van der Waals surface area contributed by atoms with E-state index in [0.29, 0.717) is 0 Å². The second-order valence-corrected chi connectivity index (χ2v) is 4.21. The number of ether oxygens (including phenoxy) is 1. The average Bonchev–Trinajstić information content (AvgIpc) is 2.43. The summed E-state index contributed by atoms with van der Waals surface area (Å²) in [4.78, 5) is 0. The van der Waals surface area contributed by atoms with E-state index >= 15 is 0 Å². The minimum atomic E-state index is -0.426. The molecule has 0 aromatic heterocycles. The van der Waals surface area contributed by atoms with Gasteiger partial charge < -0.3 is 14.9 Å². The maximum absolute atomic E-state index is 13.4. The summed E-state index contributed by atoms with van der Waals surface area (Å²) in [5.74, 6) is -0.361. The first-order chi connectivity index (χ1) is 9.20. The van der Waals surface area contributed by atoms with Gasteiger partial charge in [-0.3, -0.25) is 0 Å². The number of para-hydroxylation sites is 1. The lowest BCUT2D eigenvalue weighted by Crippen LogP contribution is -2.14. The Hall–Kier alpha value is -2.07. The minimum absolute atomic E-state index is 0.112. The molecule has 0 saturated carbocycles. The zero-order valence-electron chi connectivity index (χ0n) is 10.3. The number of halogens is 1. The predicted octanol–water partition coefficient (Wildman–Crippen LogP) is 2.69. The van der Waals surface area contributed by atoms with Crippen LogP contribution in [0.3, 0.4) is 0 Å². The summed E-state index contributed by atoms with van der Waals surface area (Å²) in [5, 5.41) is 18.6. The minimum Gasteiger partial charge on any atom is -0.508 e. The Bertz CT molecular complexity index is 525. The second kappa shape index (κ2) is 6.20. The molecule has 0 bridgehead atoms. The molecule has 19 heavy (non-hydrogen) atoms. The molecule has 2 rings (SSSR count). The Kier molecular flexibility index (Phi) is 4.36. The third-order valence-corrected chi connectivity index (χ3v) is 2.86. The zero-order chi connectivity index (χ0) is 13.7. The molecule has 0 spiro atoms. The van der Waals surface area contributed by atoms with Crippen LogP contribution in [-0.2, 0) is 0 Å². The van der Waals surface area contributed by atoms with Crippen LogP contribution in [0.5, 0.6) is 11.5 Å². The Morgan fingerprint density at radius 1 is 1.05 bits per heavy atom. The summed E-state index contributed by atoms with van der Waals surface area (Å²) in [6, 6.07) is 12.6. The summed E-state index contributed by atoms with van der Waals surface area (Å²) in [6.07, 6.45) is 0. The molecule has 3 nitrogen and oxygen atoms in total. The van der Waals surface area contributed by atoms with Crippen molar-refractivity contribution in [1.29, 1.82) is 0 Å². The number of aliphatic hydroxyl groups is 1. The monoisotopic (exact) mass is 262 g/mol. The van der Waals surface area contributed by atoms with Gasteiger partial charge in [-0.15, -0.1) is 0 Å². The van der Waals surface area contributed by atoms with Gasteiger partial charge in [0.1, 0.15) is 5.75 Å². The van der Waals surface area contributed by atoms with Crippen LogP contribution in [0.25, 0.3) is 0 Å². The first-order valence-electron chi connectivity index (χ1n) is 5.98. The van der Waals surface area contributed by atoms with Crippen LogP contribution in [0.15, 0.2) is 48.5 Å². The maximum atomic E-state index is 13.4. The SMILES string of the molecule is OCC(COc1ccccc1F)c1ccc(O)cc1. The van der Waals surface area contributed by atoms with Crippen LogP contribution in [0.4, 0.5) is 4.39 Å². The Morgan fingerprint density at radius 2 is 1.74 bits per heavy atom. The van der Waals surface area contributed by atoms with Crippen molar-refractivity contribution >= 4 is 0 Å². The van der Waals surface area contributed by atoms with Crippen molar-refractivity contribution in [2.24, 2.45) is 0 Å². The maximum Gasteiger partial charge on any atom is 0.165 e. The highest BCUT2D eigenvalue weighted by Gasteiger charge is 2.12. The molecule has 1 atom stereocenters. The van der Waals surface area contributed by atoms with Crippen LogP contribution < -0.4 is 4.74 Å². The van der Waals surface area contributed by atoms with Crippen LogP contribution in [0.1, 0.15) is 11.5 Å². The fraction of sp³-hybridized carbons (Fsp3) is 0.200. The smallest absolute Gasteiger partial charge is 0.165 e. The van der Waals surface area contributed by atoms with Gasteiger partial charge in [-0.25, -0.2) is 4.39 Å². The van der Waals surface area contributed by atoms with Gasteiger partial charge in [0.25, 0.3) is 0 Å². The topological polar surface area (TPSA) is 49.7 Å². The number of phenolic OH excluding ortho intramolecular Hbond substituents is 1. The van der Waals surface area contributed by atoms with Gasteiger partial charge in [-0.2, -0.15) is 0 Å². The van der Waals surface area contributed by atoms with Crippen molar-refractivity contribution in [2.45, 2.75) is 5.92 Å². The molecule has 100 valence electrons. The van der Waals surface area contributed by atoms with E-state index in [4.69, 9.17) is 4.74 Å². The van der Waals surface area contributed by atoms with Crippen LogP contribution >= 0.6 is 0 Å². The highest BCUT2D eigenvalue weighted by Crippen LogP contribution is 2.21. The average molecular weight is 262 g/mol. The first-order valence-corrected chi connectivity index (χ1v) is 5.98. The fourth-order valence-electron chi connectivity index (χ4n) is 1.75. The van der Waals surface area contributed by atoms with E-state index in [1.165, 1.54) is 6.07 Å². The Morgan fingerprint density at radius 3 is 2.37 bits per heavy atom. The summed E-state index contributed by atoms with van der Waals surface area (Å²) in [5.41, 5.74) is 0.830. The van der Waals surface area contributed by atoms with Crippen molar-refractivity contribution in [1.82, 2.24) is 0 Å². The molecule has 2 N–H and O–H groups in total. The number of rotatable bonds is 5. The summed E-state index contributed by atoms with van der Waals surface area (Å²) in [7, 11) is 0. The van der Waals surface area contributed by atoms with E-state index in [-0.39, 0.29) is 30.6 Å². The second-order valence-electron chi connectivity index (χ2n) is 4.21. The molecule has 0 aliphatic rings. The van der Waals surface area contributed by atoms with Crippen LogP contribution in [-0.4, -0.2) is 23.4 Å². The highest BCUT2D eigenvalue weighted by atomic mass is 19.1. The number of phenols is 1. The van der Waals surface area contributed by atoms with Gasteiger partial charge in [0, 0.05) is 5.92 Å². The Labute approximate surface area is 110 Å². The summed E-state index contributed by atoms with van der Waals surface area (Å²) < 4.78 is 18.8. The molecule has 0 aliphatic heterocycles. The molecule has 0 radical (unpaired) electrons. The highest BCUT2D eigenvalue weighted by molar-refractivity contribution is 5.29. The molecule has 1 unspecified atom stereocenters. The summed E-state index contributed by atoms with van der Waals surface area (Å²) >= 11 is 0. The Balaban J connectivity index is 2.04. The third kappa shape index (κ3) is 3.45. The molecular formula is C15H15FO3. The molecule has 2 aromatic carbocycles. The van der Waals surface area contributed by atoms with Gasteiger partial charge >= 0.3 is 0 Å². The number of aliphatic hydroxyl groups excluding tert-OH is 1. The van der Waals surface area contributed by atoms with Crippen molar-refractivity contribution in [3.05, 3.63) is 59.9 Å². The van der Waals surface area contributed by atoms with E-state index in [2.05, 4.69) is 0 Å². The van der Waals surface area contributed by atoms with Crippen molar-refractivity contribution in [2.75, 3.05) is 13.2 Å². The fourth-order valence-corrected chi connectivity index (χ4v) is 1.75. The van der Waals surface area contributed by atoms with Crippen molar-refractivity contribution in [3.63, 3.8) is 0 Å². The van der Waals surface area contributed by atoms with Crippen LogP contribution in [0, 0.1) is 5.82 Å². The molecule has 0 saturated heterocycles. The number of aromatic hydroxyl groups is 1. The third-order valence-electron chi connectivity index (χ3n) is 2.86. The van der Waals surface area contributed by atoms with E-state index < -0.39 is 5.82 Å². The zero-order valence-corrected chi connectivity index (χ0v) is 10.3. The molecule has 4 heteroatoms. The van der Waals surface area contributed by atoms with Crippen molar-refractivity contribution < 1.29 is 19.3 Å². The normalized spacial score (nSPS) is 12.1. The lowest BCUT2D eigenvalue weighted by molar-refractivity contribution is 0.201. The largest absolute Gasteiger partial charge is 0.508 e. The van der Waals surface area contributed by atoms with E-state index in [1.54, 1.807) is 42.5 Å². The van der Waals surface area contributed by atoms with Gasteiger partial charge in [0.05, 0.1) is 13.2 Å². The van der Waals surface area contributed by atoms with E-state index in [1.807, 2.05) is 0 Å². The summed E-state index contributed by atoms with van der Waals surface area (Å²) in [6.45, 7) is 0.0570. The quantitative estimate of drug-likeness (QED) is 0.871. The van der Waals surface area contributed by atoms with E-state index in [0.717, 1.165) is 5.56 Å². The van der Waals surface area contributed by atoms with Gasteiger partial charge in [0.15, 0.2) is 11.6 Å². The van der Waals surface area contributed by atoms with Crippen molar-refractivity contribution in [3.8, 4) is 11.5 Å². The van der Waals surface area contributed by atoms with E-state index in [9.17, 15) is 14.6 Å². The molecular weight excluding hydrogens is 247 g/mol. The molecule has 0 amide bonds. The molecule has 0 heterocycles. The lowest BCUT2D eigenvalue weighted by atomic mass is 10.0. The lowest BCUT2D eigenvalue weighted by Gasteiger charge is -2.16. The molecule has 0 aliphatic carbocycles. The predicted molar refractivity (Wildman–Crippen MR) is 69.8 cm³/mol. The molecule has 0 fully saturated rings. The molecule has 2 aromatic rings. The first kappa shape index (κ1) is 13.4. The number of hydrogen-bond donors (Lipinski definition) is 2. The van der Waals surface area contributed by atoms with Crippen LogP contribution in [0.2, 0.25) is 0 Å². The number of hydrogen-bond acceptors (Lipinski definition) is 3. The number of benzene rings is 2. The van der Waals surface area contributed by atoms with Gasteiger partial charge in [-0.05, 0) is 29.8 Å².